The van der Waals surface area contributed by atoms with Gasteiger partial charge in [-0.25, -0.2) is 17.6 Å². The molecule has 1 saturated heterocycles. The molecule has 0 unspecified atom stereocenters. The Hall–Kier alpha value is -1.15. The number of hydrogen-bond acceptors (Lipinski definition) is 3. The molecule has 23 heavy (non-hydrogen) atoms. The van der Waals surface area contributed by atoms with E-state index in [2.05, 4.69) is 5.32 Å². The number of nitrogens with zero attached hydrogens (tertiary/aromatic N) is 1. The zero-order valence-electron chi connectivity index (χ0n) is 12.0. The van der Waals surface area contributed by atoms with Gasteiger partial charge in [0.25, 0.3) is 0 Å². The van der Waals surface area contributed by atoms with Crippen LogP contribution in [0.1, 0.15) is 17.2 Å². The van der Waals surface area contributed by atoms with Gasteiger partial charge in [-0.2, -0.15) is 11.3 Å². The monoisotopic (exact) mass is 366 g/mol. The summed E-state index contributed by atoms with van der Waals surface area (Å²) in [5.74, 6) is -5.39. The van der Waals surface area contributed by atoms with E-state index in [0.29, 0.717) is 31.7 Å². The summed E-state index contributed by atoms with van der Waals surface area (Å²) in [5, 5.41) is 6.66. The van der Waals surface area contributed by atoms with E-state index in [0.717, 1.165) is 0 Å². The van der Waals surface area contributed by atoms with Gasteiger partial charge in [-0.1, -0.05) is 0 Å². The highest BCUT2D eigenvalue weighted by atomic mass is 35.5. The highest BCUT2D eigenvalue weighted by molar-refractivity contribution is 7.08. The second-order valence-electron chi connectivity index (χ2n) is 5.13. The molecule has 8 heteroatoms. The molecule has 2 aromatic rings. The van der Waals surface area contributed by atoms with E-state index >= 15 is 0 Å². The normalized spacial score (nSPS) is 16.9. The van der Waals surface area contributed by atoms with Gasteiger partial charge in [0.2, 0.25) is 0 Å². The van der Waals surface area contributed by atoms with Crippen LogP contribution in [0.15, 0.2) is 22.9 Å². The van der Waals surface area contributed by atoms with Crippen LogP contribution in [0.3, 0.4) is 0 Å². The van der Waals surface area contributed by atoms with Crippen molar-refractivity contribution < 1.29 is 17.6 Å². The van der Waals surface area contributed by atoms with Crippen LogP contribution in [0.5, 0.6) is 0 Å². The van der Waals surface area contributed by atoms with Crippen molar-refractivity contribution in [3.63, 3.8) is 0 Å². The van der Waals surface area contributed by atoms with Gasteiger partial charge in [0.05, 0.1) is 11.6 Å². The molecule has 1 atom stereocenters. The summed E-state index contributed by atoms with van der Waals surface area (Å²) in [4.78, 5) is 1.83. The maximum Gasteiger partial charge on any atom is 0.167 e. The summed E-state index contributed by atoms with van der Waals surface area (Å²) in [7, 11) is 0. The molecule has 0 bridgehead atoms. The van der Waals surface area contributed by atoms with Crippen molar-refractivity contribution in [2.24, 2.45) is 0 Å². The summed E-state index contributed by atoms with van der Waals surface area (Å²) in [6, 6.07) is 1.13. The van der Waals surface area contributed by atoms with Gasteiger partial charge >= 0.3 is 0 Å². The molecule has 0 aliphatic carbocycles. The number of halogens is 5. The first-order valence-electron chi connectivity index (χ1n) is 6.89. The predicted octanol–water partition coefficient (Wildman–Crippen LogP) is 3.72. The fraction of sp³-hybridized carbons (Fsp3) is 0.333. The van der Waals surface area contributed by atoms with Crippen molar-refractivity contribution in [3.8, 4) is 0 Å². The minimum Gasteiger partial charge on any atom is -0.314 e. The van der Waals surface area contributed by atoms with Gasteiger partial charge in [0.15, 0.2) is 23.3 Å². The molecular weight excluding hydrogens is 352 g/mol. The van der Waals surface area contributed by atoms with E-state index in [9.17, 15) is 17.6 Å². The standard InChI is InChI=1S/C15H14F4N2S.ClH/c16-10-7-11(17)14(19)12(13(10)18)15(9-1-6-22-8-9)21-4-2-20-3-5-21;/h1,6-8,15,20H,2-5H2;1H/t15-;/m0./s1. The Labute approximate surface area is 141 Å². The van der Waals surface area contributed by atoms with E-state index in [4.69, 9.17) is 0 Å². The molecule has 1 fully saturated rings. The number of hydrogen-bond donors (Lipinski definition) is 1. The maximum absolute atomic E-state index is 14.2. The average molecular weight is 367 g/mol. The van der Waals surface area contributed by atoms with Gasteiger partial charge in [0, 0.05) is 32.2 Å². The van der Waals surface area contributed by atoms with E-state index in [1.54, 1.807) is 16.8 Å². The Balaban J connectivity index is 0.00000192. The SMILES string of the molecule is Cl.Fc1cc(F)c(F)c([C@H](c2ccsc2)N2CCNCC2)c1F. The molecule has 126 valence electrons. The summed E-state index contributed by atoms with van der Waals surface area (Å²) in [6.45, 7) is 2.39. The third-order valence-electron chi connectivity index (χ3n) is 3.79. The van der Waals surface area contributed by atoms with Gasteiger partial charge in [-0.3, -0.25) is 4.90 Å². The predicted molar refractivity (Wildman–Crippen MR) is 84.1 cm³/mol. The highest BCUT2D eigenvalue weighted by Crippen LogP contribution is 2.35. The molecule has 1 aliphatic rings. The van der Waals surface area contributed by atoms with Gasteiger partial charge < -0.3 is 5.32 Å². The number of benzene rings is 1. The van der Waals surface area contributed by atoms with E-state index in [-0.39, 0.29) is 18.5 Å². The van der Waals surface area contributed by atoms with Crippen LogP contribution in [0.25, 0.3) is 0 Å². The molecule has 3 rings (SSSR count). The Morgan fingerprint density at radius 3 is 2.17 bits per heavy atom. The lowest BCUT2D eigenvalue weighted by atomic mass is 9.97. The Morgan fingerprint density at radius 1 is 1.04 bits per heavy atom. The quantitative estimate of drug-likeness (QED) is 0.658. The first-order valence-corrected chi connectivity index (χ1v) is 7.83. The number of nitrogens with one attached hydrogen (secondary N) is 1. The molecule has 1 aliphatic heterocycles. The number of rotatable bonds is 3. The topological polar surface area (TPSA) is 15.3 Å². The minimum atomic E-state index is -1.37. The third-order valence-corrected chi connectivity index (χ3v) is 4.50. The first-order chi connectivity index (χ1) is 10.6. The van der Waals surface area contributed by atoms with Crippen LogP contribution < -0.4 is 5.32 Å². The van der Waals surface area contributed by atoms with Crippen molar-refractivity contribution >= 4 is 23.7 Å². The van der Waals surface area contributed by atoms with Crippen LogP contribution in [0, 0.1) is 23.3 Å². The van der Waals surface area contributed by atoms with Crippen LogP contribution in [-0.4, -0.2) is 31.1 Å². The lowest BCUT2D eigenvalue weighted by Gasteiger charge is -2.35. The Bertz CT molecular complexity index is 634. The molecule has 1 aromatic heterocycles. The van der Waals surface area contributed by atoms with Crippen molar-refractivity contribution in [2.45, 2.75) is 6.04 Å². The molecule has 1 aromatic carbocycles. The summed E-state index contributed by atoms with van der Waals surface area (Å²) in [6.07, 6.45) is 0. The molecular formula is C15H15ClF4N2S. The summed E-state index contributed by atoms with van der Waals surface area (Å²) in [5.41, 5.74) is 0.0764. The van der Waals surface area contributed by atoms with Gasteiger partial charge in [0.1, 0.15) is 0 Å². The van der Waals surface area contributed by atoms with Crippen molar-refractivity contribution in [2.75, 3.05) is 26.2 Å². The second-order valence-corrected chi connectivity index (χ2v) is 5.91. The van der Waals surface area contributed by atoms with Gasteiger partial charge in [-0.05, 0) is 22.4 Å². The van der Waals surface area contributed by atoms with Crippen molar-refractivity contribution in [1.82, 2.24) is 10.2 Å². The van der Waals surface area contributed by atoms with Crippen LogP contribution >= 0.6 is 23.7 Å². The zero-order valence-corrected chi connectivity index (χ0v) is 13.6. The molecule has 0 amide bonds. The van der Waals surface area contributed by atoms with Crippen molar-refractivity contribution in [1.29, 1.82) is 0 Å². The summed E-state index contributed by atoms with van der Waals surface area (Å²) >= 11 is 1.37. The minimum absolute atomic E-state index is 0. The van der Waals surface area contributed by atoms with Crippen molar-refractivity contribution in [3.05, 3.63) is 57.3 Å². The van der Waals surface area contributed by atoms with Crippen LogP contribution in [0.2, 0.25) is 0 Å². The van der Waals surface area contributed by atoms with Crippen LogP contribution in [0.4, 0.5) is 17.6 Å². The molecule has 1 N–H and O–H groups in total. The fourth-order valence-electron chi connectivity index (χ4n) is 2.76. The first kappa shape index (κ1) is 18.2. The Morgan fingerprint density at radius 2 is 1.65 bits per heavy atom. The van der Waals surface area contributed by atoms with E-state index in [1.165, 1.54) is 11.3 Å². The summed E-state index contributed by atoms with van der Waals surface area (Å²) < 4.78 is 55.6. The third kappa shape index (κ3) is 3.52. The van der Waals surface area contributed by atoms with Gasteiger partial charge in [-0.15, -0.1) is 12.4 Å². The largest absolute Gasteiger partial charge is 0.314 e. The number of piperazine rings is 1. The average Bonchev–Trinajstić information content (AvgIpc) is 3.04. The molecule has 0 saturated carbocycles. The lowest BCUT2D eigenvalue weighted by molar-refractivity contribution is 0.190. The van der Waals surface area contributed by atoms with E-state index < -0.39 is 34.9 Å². The highest BCUT2D eigenvalue weighted by Gasteiger charge is 2.32. The zero-order chi connectivity index (χ0) is 15.7. The van der Waals surface area contributed by atoms with Crippen LogP contribution in [-0.2, 0) is 0 Å². The molecule has 2 nitrogen and oxygen atoms in total. The Kier molecular flexibility index (Phi) is 6.02. The maximum atomic E-state index is 14.2. The fourth-order valence-corrected chi connectivity index (χ4v) is 3.44. The number of thiophene rings is 1. The molecule has 0 radical (unpaired) electrons. The smallest absolute Gasteiger partial charge is 0.167 e. The second kappa shape index (κ2) is 7.61. The lowest BCUT2D eigenvalue weighted by Crippen LogP contribution is -2.45. The molecule has 0 spiro atoms. The van der Waals surface area contributed by atoms with E-state index in [1.807, 2.05) is 4.90 Å². The molecule has 2 heterocycles.